The highest BCUT2D eigenvalue weighted by molar-refractivity contribution is 5.24. The van der Waals surface area contributed by atoms with Gasteiger partial charge in [-0.15, -0.1) is 0 Å². The molecular formula is C13H15F6NO. The van der Waals surface area contributed by atoms with Crippen molar-refractivity contribution in [1.29, 1.82) is 0 Å². The van der Waals surface area contributed by atoms with Gasteiger partial charge in [0.15, 0.2) is 0 Å². The lowest BCUT2D eigenvalue weighted by Gasteiger charge is -2.23. The molecule has 8 heteroatoms. The Labute approximate surface area is 117 Å². The van der Waals surface area contributed by atoms with Crippen LogP contribution in [0.2, 0.25) is 0 Å². The number of hydrogen-bond acceptors (Lipinski definition) is 2. The van der Waals surface area contributed by atoms with Crippen LogP contribution in [0.5, 0.6) is 0 Å². The van der Waals surface area contributed by atoms with Crippen LogP contribution >= 0.6 is 0 Å². The second kappa shape index (κ2) is 6.65. The smallest absolute Gasteiger partial charge is 0.356 e. The van der Waals surface area contributed by atoms with Crippen molar-refractivity contribution in [2.45, 2.75) is 37.9 Å². The molecule has 1 unspecified atom stereocenters. The van der Waals surface area contributed by atoms with E-state index in [4.69, 9.17) is 5.73 Å². The molecule has 0 amide bonds. The van der Waals surface area contributed by atoms with E-state index in [9.17, 15) is 26.3 Å². The van der Waals surface area contributed by atoms with Gasteiger partial charge in [-0.2, -0.15) is 26.3 Å². The minimum atomic E-state index is -5.49. The van der Waals surface area contributed by atoms with Crippen molar-refractivity contribution < 1.29 is 31.1 Å². The van der Waals surface area contributed by atoms with E-state index in [1.54, 1.807) is 12.1 Å². The molecular weight excluding hydrogens is 300 g/mol. The van der Waals surface area contributed by atoms with Crippen LogP contribution in [0.3, 0.4) is 0 Å². The van der Waals surface area contributed by atoms with E-state index in [2.05, 4.69) is 4.74 Å². The second-order valence-electron chi connectivity index (χ2n) is 4.65. The molecule has 0 spiro atoms. The van der Waals surface area contributed by atoms with Crippen molar-refractivity contribution in [2.24, 2.45) is 5.73 Å². The van der Waals surface area contributed by atoms with E-state index in [0.29, 0.717) is 6.54 Å². The Kier molecular flexibility index (Phi) is 5.63. The van der Waals surface area contributed by atoms with Crippen molar-refractivity contribution in [1.82, 2.24) is 0 Å². The van der Waals surface area contributed by atoms with Crippen LogP contribution in [-0.2, 0) is 11.3 Å². The van der Waals surface area contributed by atoms with Crippen LogP contribution in [-0.4, -0.2) is 25.0 Å². The number of hydrogen-bond donors (Lipinski definition) is 1. The third kappa shape index (κ3) is 5.20. The van der Waals surface area contributed by atoms with Gasteiger partial charge in [-0.05, 0) is 23.6 Å². The summed E-state index contributed by atoms with van der Waals surface area (Å²) in [5, 5.41) is 0. The number of halogens is 6. The molecule has 0 bridgehead atoms. The van der Waals surface area contributed by atoms with Crippen molar-refractivity contribution in [3.63, 3.8) is 0 Å². The van der Waals surface area contributed by atoms with E-state index >= 15 is 0 Å². The van der Waals surface area contributed by atoms with E-state index in [1.807, 2.05) is 6.92 Å². The molecule has 1 atom stereocenters. The van der Waals surface area contributed by atoms with E-state index < -0.39 is 25.1 Å². The Morgan fingerprint density at radius 1 is 1.00 bits per heavy atom. The van der Waals surface area contributed by atoms with Gasteiger partial charge in [-0.25, -0.2) is 0 Å². The minimum Gasteiger partial charge on any atom is -0.356 e. The molecule has 0 saturated heterocycles. The van der Waals surface area contributed by atoms with Gasteiger partial charge < -0.3 is 10.5 Å². The molecule has 1 aromatic carbocycles. The van der Waals surface area contributed by atoms with Gasteiger partial charge in [0.25, 0.3) is 0 Å². The first-order valence-electron chi connectivity index (χ1n) is 6.09. The second-order valence-corrected chi connectivity index (χ2v) is 4.65. The first kappa shape index (κ1) is 17.8. The molecule has 0 fully saturated rings. The van der Waals surface area contributed by atoms with E-state index in [1.165, 1.54) is 12.1 Å². The fourth-order valence-electron chi connectivity index (χ4n) is 1.63. The topological polar surface area (TPSA) is 35.2 Å². The average molecular weight is 315 g/mol. The van der Waals surface area contributed by atoms with Crippen molar-refractivity contribution in [3.05, 3.63) is 35.4 Å². The van der Waals surface area contributed by atoms with Crippen LogP contribution in [0.25, 0.3) is 0 Å². The Bertz CT molecular complexity index is 425. The third-order valence-corrected chi connectivity index (χ3v) is 2.91. The van der Waals surface area contributed by atoms with Crippen LogP contribution in [0, 0.1) is 0 Å². The lowest BCUT2D eigenvalue weighted by molar-refractivity contribution is -0.324. The number of nitrogens with two attached hydrogens (primary N) is 1. The molecule has 0 radical (unpaired) electrons. The Morgan fingerprint density at radius 3 is 1.86 bits per heavy atom. The van der Waals surface area contributed by atoms with Gasteiger partial charge in [-0.1, -0.05) is 31.2 Å². The summed E-state index contributed by atoms with van der Waals surface area (Å²) in [7, 11) is 0. The Hall–Kier alpha value is -1.28. The summed E-state index contributed by atoms with van der Waals surface area (Å²) in [5.41, 5.74) is 6.54. The molecule has 1 aromatic rings. The standard InChI is InChI=1S/C13H15F6NO/c1-8(6-20)10-4-2-9(3-5-10)7-21-11(12(14,15)16)13(17,18)19/h2-5,8,11H,6-7,20H2,1H3. The van der Waals surface area contributed by atoms with Gasteiger partial charge in [0.1, 0.15) is 0 Å². The zero-order valence-corrected chi connectivity index (χ0v) is 11.1. The van der Waals surface area contributed by atoms with Gasteiger partial charge in [0.05, 0.1) is 6.61 Å². The van der Waals surface area contributed by atoms with Gasteiger partial charge in [0, 0.05) is 0 Å². The summed E-state index contributed by atoms with van der Waals surface area (Å²) in [6.45, 7) is 1.47. The molecule has 1 rings (SSSR count). The van der Waals surface area contributed by atoms with E-state index in [-0.39, 0.29) is 11.5 Å². The predicted molar refractivity (Wildman–Crippen MR) is 64.6 cm³/mol. The summed E-state index contributed by atoms with van der Waals surface area (Å²) in [6.07, 6.45) is -14.8. The number of ether oxygens (including phenoxy) is 1. The largest absolute Gasteiger partial charge is 0.423 e. The number of rotatable bonds is 5. The molecule has 120 valence electrons. The quantitative estimate of drug-likeness (QED) is 0.840. The molecule has 2 N–H and O–H groups in total. The normalized spacial score (nSPS) is 14.5. The van der Waals surface area contributed by atoms with Crippen LogP contribution < -0.4 is 5.73 Å². The van der Waals surface area contributed by atoms with Gasteiger partial charge in [0.2, 0.25) is 6.10 Å². The highest BCUT2D eigenvalue weighted by Crippen LogP contribution is 2.36. The lowest BCUT2D eigenvalue weighted by Crippen LogP contribution is -2.44. The van der Waals surface area contributed by atoms with E-state index in [0.717, 1.165) is 5.56 Å². The maximum absolute atomic E-state index is 12.3. The zero-order valence-electron chi connectivity index (χ0n) is 11.1. The molecule has 0 aromatic heterocycles. The predicted octanol–water partition coefficient (Wildman–Crippen LogP) is 3.76. The zero-order chi connectivity index (χ0) is 16.3. The molecule has 0 aliphatic rings. The Balaban J connectivity index is 2.73. The fraction of sp³-hybridized carbons (Fsp3) is 0.538. The lowest BCUT2D eigenvalue weighted by atomic mass is 10.0. The average Bonchev–Trinajstić information content (AvgIpc) is 2.35. The van der Waals surface area contributed by atoms with Crippen LogP contribution in [0.1, 0.15) is 24.0 Å². The first-order chi connectivity index (χ1) is 9.55. The summed E-state index contributed by atoms with van der Waals surface area (Å²) >= 11 is 0. The summed E-state index contributed by atoms with van der Waals surface area (Å²) in [5.74, 6) is 0.0538. The SMILES string of the molecule is CC(CN)c1ccc(COC(C(F)(F)F)C(F)(F)F)cc1. The van der Waals surface area contributed by atoms with Crippen LogP contribution in [0.4, 0.5) is 26.3 Å². The summed E-state index contributed by atoms with van der Waals surface area (Å²) < 4.78 is 77.7. The highest BCUT2D eigenvalue weighted by Gasteiger charge is 2.57. The van der Waals surface area contributed by atoms with Crippen molar-refractivity contribution >= 4 is 0 Å². The Morgan fingerprint density at radius 2 is 1.48 bits per heavy atom. The fourth-order valence-corrected chi connectivity index (χ4v) is 1.63. The molecule has 2 nitrogen and oxygen atoms in total. The maximum atomic E-state index is 12.3. The number of benzene rings is 1. The van der Waals surface area contributed by atoms with Crippen molar-refractivity contribution in [3.8, 4) is 0 Å². The highest BCUT2D eigenvalue weighted by atomic mass is 19.4. The molecule has 0 saturated carbocycles. The first-order valence-corrected chi connectivity index (χ1v) is 6.09. The molecule has 0 aliphatic heterocycles. The van der Waals surface area contributed by atoms with Gasteiger partial charge in [-0.3, -0.25) is 0 Å². The molecule has 21 heavy (non-hydrogen) atoms. The maximum Gasteiger partial charge on any atom is 0.423 e. The number of alkyl halides is 6. The molecule has 0 aliphatic carbocycles. The van der Waals surface area contributed by atoms with Gasteiger partial charge >= 0.3 is 12.4 Å². The summed E-state index contributed by atoms with van der Waals surface area (Å²) in [6, 6.07) is 6.05. The third-order valence-electron chi connectivity index (χ3n) is 2.91. The van der Waals surface area contributed by atoms with Crippen molar-refractivity contribution in [2.75, 3.05) is 6.54 Å². The minimum absolute atomic E-state index is 0.0538. The summed E-state index contributed by atoms with van der Waals surface area (Å²) in [4.78, 5) is 0. The monoisotopic (exact) mass is 315 g/mol. The molecule has 0 heterocycles. The van der Waals surface area contributed by atoms with Crippen LogP contribution in [0.15, 0.2) is 24.3 Å².